The van der Waals surface area contributed by atoms with E-state index in [1.165, 1.54) is 30.3 Å². The summed E-state index contributed by atoms with van der Waals surface area (Å²) >= 11 is 12.3. The maximum atomic E-state index is 13.3. The molecule has 0 unspecified atom stereocenters. The van der Waals surface area contributed by atoms with Crippen molar-refractivity contribution in [1.29, 1.82) is 0 Å². The lowest BCUT2D eigenvalue weighted by atomic mass is 10.0. The van der Waals surface area contributed by atoms with E-state index in [1.807, 2.05) is 6.07 Å². The summed E-state index contributed by atoms with van der Waals surface area (Å²) in [6.07, 6.45) is 0. The Morgan fingerprint density at radius 2 is 1.60 bits per heavy atom. The Labute approximate surface area is 212 Å². The largest absolute Gasteiger partial charge is 0.506 e. The van der Waals surface area contributed by atoms with Crippen LogP contribution in [0.3, 0.4) is 0 Å². The molecular weight excluding hydrogens is 514 g/mol. The van der Waals surface area contributed by atoms with Crippen molar-refractivity contribution in [1.82, 2.24) is 0 Å². The van der Waals surface area contributed by atoms with Crippen LogP contribution in [0.25, 0.3) is 11.1 Å². The number of hydrogen-bond donors (Lipinski definition) is 3. The van der Waals surface area contributed by atoms with Gasteiger partial charge in [0.2, 0.25) is 10.9 Å². The van der Waals surface area contributed by atoms with Crippen molar-refractivity contribution in [2.75, 3.05) is 9.62 Å². The predicted octanol–water partition coefficient (Wildman–Crippen LogP) is 6.42. The van der Waals surface area contributed by atoms with Crippen molar-refractivity contribution in [2.45, 2.75) is 0 Å². The molecule has 0 radical (unpaired) electrons. The zero-order valence-corrected chi connectivity index (χ0v) is 20.2. The maximum Gasteiger partial charge on any atom is 0.255 e. The smallest absolute Gasteiger partial charge is 0.255 e. The normalized spacial score (nSPS) is 10.9. The summed E-state index contributed by atoms with van der Waals surface area (Å²) in [5, 5.41) is 13.8. The molecule has 0 aromatic heterocycles. The molecule has 4 rings (SSSR count). The first-order chi connectivity index (χ1) is 16.7. The van der Waals surface area contributed by atoms with Gasteiger partial charge in [-0.3, -0.25) is 4.79 Å². The van der Waals surface area contributed by atoms with E-state index in [2.05, 4.69) is 5.32 Å². The molecule has 0 bridgehead atoms. The van der Waals surface area contributed by atoms with Gasteiger partial charge in [-0.15, -0.1) is 0 Å². The molecule has 4 aromatic rings. The van der Waals surface area contributed by atoms with Crippen LogP contribution < -0.4 is 9.62 Å². The Bertz CT molecular complexity index is 1470. The SMILES string of the molecule is O=C(Nc1ccc(O)c(N(c2ccc(F)cc2)[SH](=O)=O)c1)c1ccc(-c2cccc(Cl)c2Cl)cc1. The van der Waals surface area contributed by atoms with E-state index >= 15 is 0 Å². The van der Waals surface area contributed by atoms with Gasteiger partial charge in [0.15, 0.2) is 0 Å². The third-order valence-electron chi connectivity index (χ3n) is 5.11. The van der Waals surface area contributed by atoms with Crippen molar-refractivity contribution < 1.29 is 22.7 Å². The Balaban J connectivity index is 1.59. The summed E-state index contributed by atoms with van der Waals surface area (Å²) in [4.78, 5) is 12.8. The van der Waals surface area contributed by atoms with Gasteiger partial charge in [-0.2, -0.15) is 0 Å². The number of carbonyl (C=O) groups excluding carboxylic acids is 1. The molecule has 0 saturated carbocycles. The topological polar surface area (TPSA) is 86.7 Å². The zero-order valence-electron chi connectivity index (χ0n) is 17.8. The molecule has 0 spiro atoms. The highest BCUT2D eigenvalue weighted by molar-refractivity contribution is 7.74. The molecule has 0 aliphatic carbocycles. The number of amides is 1. The Hall–Kier alpha value is -3.59. The summed E-state index contributed by atoms with van der Waals surface area (Å²) in [6, 6.07) is 20.7. The fraction of sp³-hybridized carbons (Fsp3) is 0. The van der Waals surface area contributed by atoms with E-state index in [0.717, 1.165) is 27.6 Å². The van der Waals surface area contributed by atoms with Crippen molar-refractivity contribution in [3.63, 3.8) is 0 Å². The fourth-order valence-electron chi connectivity index (χ4n) is 3.41. The second-order valence-corrected chi connectivity index (χ2v) is 9.02. The third-order valence-corrected chi connectivity index (χ3v) is 6.70. The summed E-state index contributed by atoms with van der Waals surface area (Å²) in [5.74, 6) is -1.33. The number of thiol groups is 1. The van der Waals surface area contributed by atoms with Crippen LogP contribution >= 0.6 is 23.2 Å². The van der Waals surface area contributed by atoms with E-state index in [1.54, 1.807) is 36.4 Å². The number of halogens is 3. The number of hydrogen-bond acceptors (Lipinski definition) is 4. The second-order valence-electron chi connectivity index (χ2n) is 7.36. The maximum absolute atomic E-state index is 13.3. The third kappa shape index (κ3) is 5.40. The molecule has 0 heterocycles. The number of anilines is 3. The van der Waals surface area contributed by atoms with Crippen molar-refractivity contribution in [3.05, 3.63) is 106 Å². The van der Waals surface area contributed by atoms with Gasteiger partial charge in [0.25, 0.3) is 5.91 Å². The van der Waals surface area contributed by atoms with Gasteiger partial charge in [0.1, 0.15) is 17.3 Å². The molecule has 35 heavy (non-hydrogen) atoms. The summed E-state index contributed by atoms with van der Waals surface area (Å²) in [5.41, 5.74) is 2.10. The number of nitrogens with zero attached hydrogens (tertiary/aromatic N) is 1. The number of nitrogens with one attached hydrogen (secondary N) is 1. The summed E-state index contributed by atoms with van der Waals surface area (Å²) < 4.78 is 38.0. The van der Waals surface area contributed by atoms with Gasteiger partial charge >= 0.3 is 0 Å². The van der Waals surface area contributed by atoms with Gasteiger partial charge in [-0.25, -0.2) is 17.1 Å². The summed E-state index contributed by atoms with van der Waals surface area (Å²) in [6.45, 7) is 0. The van der Waals surface area contributed by atoms with Crippen LogP contribution in [-0.4, -0.2) is 19.4 Å². The Morgan fingerprint density at radius 3 is 2.26 bits per heavy atom. The van der Waals surface area contributed by atoms with Crippen LogP contribution in [0.1, 0.15) is 10.4 Å². The average Bonchev–Trinajstić information content (AvgIpc) is 2.84. The number of aromatic hydroxyl groups is 1. The molecule has 6 nitrogen and oxygen atoms in total. The molecule has 178 valence electrons. The first-order valence-electron chi connectivity index (χ1n) is 10.1. The van der Waals surface area contributed by atoms with E-state index in [-0.39, 0.29) is 22.8 Å². The highest BCUT2D eigenvalue weighted by atomic mass is 35.5. The minimum absolute atomic E-state index is 0.100. The number of phenolic OH excluding ortho intramolecular Hbond substituents is 1. The van der Waals surface area contributed by atoms with E-state index in [4.69, 9.17) is 23.2 Å². The summed E-state index contributed by atoms with van der Waals surface area (Å²) in [7, 11) is -3.23. The molecular formula is C25H17Cl2FN2O4S. The average molecular weight is 531 g/mol. The molecule has 0 fully saturated rings. The number of rotatable bonds is 6. The van der Waals surface area contributed by atoms with Gasteiger partial charge in [0.05, 0.1) is 15.7 Å². The van der Waals surface area contributed by atoms with Crippen LogP contribution in [0.15, 0.2) is 84.9 Å². The minimum Gasteiger partial charge on any atom is -0.506 e. The Morgan fingerprint density at radius 1 is 0.914 bits per heavy atom. The minimum atomic E-state index is -3.23. The Kier molecular flexibility index (Phi) is 7.25. The predicted molar refractivity (Wildman–Crippen MR) is 137 cm³/mol. The van der Waals surface area contributed by atoms with Gasteiger partial charge < -0.3 is 10.4 Å². The van der Waals surface area contributed by atoms with Gasteiger partial charge in [-0.05, 0) is 66.2 Å². The lowest BCUT2D eigenvalue weighted by molar-refractivity contribution is 0.102. The molecule has 0 aliphatic rings. The van der Waals surface area contributed by atoms with Crippen molar-refractivity contribution in [3.8, 4) is 16.9 Å². The van der Waals surface area contributed by atoms with Crippen LogP contribution in [0.5, 0.6) is 5.75 Å². The molecule has 0 atom stereocenters. The fourth-order valence-corrected chi connectivity index (χ4v) is 4.47. The van der Waals surface area contributed by atoms with E-state index < -0.39 is 22.6 Å². The quantitative estimate of drug-likeness (QED) is 0.198. The van der Waals surface area contributed by atoms with Gasteiger partial charge in [-0.1, -0.05) is 47.5 Å². The first kappa shape index (κ1) is 24.5. The zero-order chi connectivity index (χ0) is 25.1. The number of benzene rings is 4. The van der Waals surface area contributed by atoms with Crippen LogP contribution in [0.4, 0.5) is 21.5 Å². The first-order valence-corrected chi connectivity index (χ1v) is 12.0. The second kappa shape index (κ2) is 10.4. The highest BCUT2D eigenvalue weighted by Gasteiger charge is 2.18. The van der Waals surface area contributed by atoms with Gasteiger partial charge in [0, 0.05) is 16.8 Å². The molecule has 1 amide bonds. The van der Waals surface area contributed by atoms with Crippen LogP contribution in [0.2, 0.25) is 10.0 Å². The highest BCUT2D eigenvalue weighted by Crippen LogP contribution is 2.36. The van der Waals surface area contributed by atoms with E-state index in [9.17, 15) is 22.7 Å². The van der Waals surface area contributed by atoms with Crippen molar-refractivity contribution >= 4 is 57.1 Å². The number of phenols is 1. The monoisotopic (exact) mass is 530 g/mol. The molecule has 0 aliphatic heterocycles. The molecule has 2 N–H and O–H groups in total. The molecule has 4 aromatic carbocycles. The lowest BCUT2D eigenvalue weighted by Gasteiger charge is -2.20. The molecule has 0 saturated heterocycles. The van der Waals surface area contributed by atoms with Crippen molar-refractivity contribution in [2.24, 2.45) is 0 Å². The lowest BCUT2D eigenvalue weighted by Crippen LogP contribution is -2.16. The van der Waals surface area contributed by atoms with E-state index in [0.29, 0.717) is 15.6 Å². The molecule has 10 heteroatoms. The van der Waals surface area contributed by atoms with Crippen LogP contribution in [-0.2, 0) is 10.9 Å². The van der Waals surface area contributed by atoms with Crippen LogP contribution in [0, 0.1) is 5.82 Å². The number of carbonyl (C=O) groups is 1. The standard InChI is InChI=1S/C25H17Cl2FN2O4S/c26-21-3-1-2-20(24(21)27)15-4-6-16(7-5-15)25(32)29-18-10-13-23(31)22(14-18)30(35(33)34)19-11-8-17(28)9-12-19/h1-14,31,35H,(H,29,32).